The topological polar surface area (TPSA) is 41.6 Å². The van der Waals surface area contributed by atoms with E-state index in [1.807, 2.05) is 24.5 Å². The van der Waals surface area contributed by atoms with Crippen LogP contribution in [0.3, 0.4) is 0 Å². The van der Waals surface area contributed by atoms with Crippen LogP contribution in [-0.4, -0.2) is 15.0 Å². The average molecular weight is 169 g/mol. The summed E-state index contributed by atoms with van der Waals surface area (Å²) in [4.78, 5) is 11.4. The zero-order valence-corrected chi connectivity index (χ0v) is 6.86. The van der Waals surface area contributed by atoms with Crippen LogP contribution in [0.1, 0.15) is 0 Å². The Morgan fingerprint density at radius 3 is 1.92 bits per heavy atom. The number of aromatic nitrogens is 3. The van der Waals surface area contributed by atoms with Gasteiger partial charge in [0.1, 0.15) is 0 Å². The number of fused-ring (bicyclic) bond motifs is 3. The van der Waals surface area contributed by atoms with Crippen molar-refractivity contribution < 1.29 is 0 Å². The molecule has 3 aromatic heterocycles. The SMILES string of the molecule is c1cc2c(cn1)[nH]c1cnccc12. The molecule has 13 heavy (non-hydrogen) atoms. The molecule has 3 rings (SSSR count). The lowest BCUT2D eigenvalue weighted by atomic mass is 10.2. The lowest BCUT2D eigenvalue weighted by Crippen LogP contribution is -1.69. The summed E-state index contributed by atoms with van der Waals surface area (Å²) in [5.74, 6) is 0. The standard InChI is InChI=1S/C10H7N3/c1-3-11-5-9-7(1)8-2-4-12-6-10(8)13-9/h1-6,13H. The maximum absolute atomic E-state index is 4.06. The summed E-state index contributed by atoms with van der Waals surface area (Å²) < 4.78 is 0. The van der Waals surface area contributed by atoms with Gasteiger partial charge in [-0.15, -0.1) is 0 Å². The Bertz CT molecular complexity index is 518. The highest BCUT2D eigenvalue weighted by Crippen LogP contribution is 2.22. The molecule has 0 saturated heterocycles. The summed E-state index contributed by atoms with van der Waals surface area (Å²) >= 11 is 0. The fourth-order valence-electron chi connectivity index (χ4n) is 1.60. The van der Waals surface area contributed by atoms with E-state index in [1.165, 1.54) is 10.8 Å². The fourth-order valence-corrected chi connectivity index (χ4v) is 1.60. The van der Waals surface area contributed by atoms with Crippen molar-refractivity contribution in [1.29, 1.82) is 0 Å². The number of nitrogens with one attached hydrogen (secondary N) is 1. The first-order chi connectivity index (χ1) is 6.45. The van der Waals surface area contributed by atoms with Gasteiger partial charge in [0.15, 0.2) is 0 Å². The molecular formula is C10H7N3. The fraction of sp³-hybridized carbons (Fsp3) is 0. The van der Waals surface area contributed by atoms with Crippen LogP contribution >= 0.6 is 0 Å². The van der Waals surface area contributed by atoms with Crippen LogP contribution < -0.4 is 0 Å². The molecule has 0 atom stereocenters. The molecule has 0 aliphatic carbocycles. The molecule has 1 N–H and O–H groups in total. The van der Waals surface area contributed by atoms with Gasteiger partial charge in [-0.2, -0.15) is 0 Å². The number of hydrogen-bond donors (Lipinski definition) is 1. The van der Waals surface area contributed by atoms with Crippen LogP contribution in [0.2, 0.25) is 0 Å². The summed E-state index contributed by atoms with van der Waals surface area (Å²) in [6.45, 7) is 0. The minimum atomic E-state index is 1.06. The van der Waals surface area contributed by atoms with Crippen molar-refractivity contribution in [3.63, 3.8) is 0 Å². The van der Waals surface area contributed by atoms with E-state index >= 15 is 0 Å². The second-order valence-corrected chi connectivity index (χ2v) is 2.97. The van der Waals surface area contributed by atoms with Gasteiger partial charge in [-0.25, -0.2) is 0 Å². The third kappa shape index (κ3) is 0.839. The van der Waals surface area contributed by atoms with E-state index in [9.17, 15) is 0 Å². The Morgan fingerprint density at radius 1 is 0.846 bits per heavy atom. The Balaban J connectivity index is 2.64. The monoisotopic (exact) mass is 169 g/mol. The smallest absolute Gasteiger partial charge is 0.0651 e. The number of hydrogen-bond acceptors (Lipinski definition) is 2. The van der Waals surface area contributed by atoms with Gasteiger partial charge >= 0.3 is 0 Å². The van der Waals surface area contributed by atoms with Crippen molar-refractivity contribution >= 4 is 21.8 Å². The first-order valence-corrected chi connectivity index (χ1v) is 4.10. The van der Waals surface area contributed by atoms with Crippen LogP contribution in [0.5, 0.6) is 0 Å². The van der Waals surface area contributed by atoms with Gasteiger partial charge in [0.25, 0.3) is 0 Å². The van der Waals surface area contributed by atoms with E-state index in [0.717, 1.165) is 11.0 Å². The third-order valence-corrected chi connectivity index (χ3v) is 2.20. The van der Waals surface area contributed by atoms with Gasteiger partial charge in [0.2, 0.25) is 0 Å². The molecule has 0 aliphatic heterocycles. The van der Waals surface area contributed by atoms with E-state index in [1.54, 1.807) is 12.4 Å². The molecule has 0 bridgehead atoms. The zero-order valence-electron chi connectivity index (χ0n) is 6.86. The van der Waals surface area contributed by atoms with E-state index in [0.29, 0.717) is 0 Å². The summed E-state index contributed by atoms with van der Waals surface area (Å²) in [5, 5.41) is 2.40. The predicted octanol–water partition coefficient (Wildman–Crippen LogP) is 2.11. The highest BCUT2D eigenvalue weighted by atomic mass is 14.8. The number of pyridine rings is 2. The number of aromatic amines is 1. The highest BCUT2D eigenvalue weighted by Gasteiger charge is 2.01. The maximum Gasteiger partial charge on any atom is 0.0651 e. The second-order valence-electron chi connectivity index (χ2n) is 2.97. The zero-order chi connectivity index (χ0) is 8.67. The minimum Gasteiger partial charge on any atom is -0.352 e. The van der Waals surface area contributed by atoms with Crippen molar-refractivity contribution in [3.05, 3.63) is 36.9 Å². The minimum absolute atomic E-state index is 1.06. The van der Waals surface area contributed by atoms with Gasteiger partial charge in [0, 0.05) is 23.2 Å². The maximum atomic E-state index is 4.06. The van der Waals surface area contributed by atoms with E-state index < -0.39 is 0 Å². The molecule has 3 aromatic rings. The van der Waals surface area contributed by atoms with E-state index in [2.05, 4.69) is 15.0 Å². The summed E-state index contributed by atoms with van der Waals surface area (Å²) in [7, 11) is 0. The molecule has 0 unspecified atom stereocenters. The molecule has 62 valence electrons. The van der Waals surface area contributed by atoms with Crippen molar-refractivity contribution in [2.45, 2.75) is 0 Å². The quantitative estimate of drug-likeness (QED) is 0.560. The van der Waals surface area contributed by atoms with Crippen molar-refractivity contribution in [1.82, 2.24) is 15.0 Å². The lowest BCUT2D eigenvalue weighted by Gasteiger charge is -1.86. The Kier molecular flexibility index (Phi) is 1.16. The van der Waals surface area contributed by atoms with Crippen molar-refractivity contribution in [2.75, 3.05) is 0 Å². The van der Waals surface area contributed by atoms with Crippen molar-refractivity contribution in [2.24, 2.45) is 0 Å². The molecule has 0 amide bonds. The Hall–Kier alpha value is -1.90. The first kappa shape index (κ1) is 6.60. The molecule has 0 spiro atoms. The first-order valence-electron chi connectivity index (χ1n) is 4.10. The summed E-state index contributed by atoms with van der Waals surface area (Å²) in [5.41, 5.74) is 2.12. The third-order valence-electron chi connectivity index (χ3n) is 2.20. The summed E-state index contributed by atoms with van der Waals surface area (Å²) in [6.07, 6.45) is 7.26. The lowest BCUT2D eigenvalue weighted by molar-refractivity contribution is 1.33. The van der Waals surface area contributed by atoms with Gasteiger partial charge in [-0.1, -0.05) is 0 Å². The number of nitrogens with zero attached hydrogens (tertiary/aromatic N) is 2. The van der Waals surface area contributed by atoms with Crippen LogP contribution in [-0.2, 0) is 0 Å². The molecule has 3 heteroatoms. The second kappa shape index (κ2) is 2.29. The molecule has 0 aromatic carbocycles. The molecule has 0 saturated carbocycles. The largest absolute Gasteiger partial charge is 0.352 e. The highest BCUT2D eigenvalue weighted by molar-refractivity contribution is 6.06. The van der Waals surface area contributed by atoms with Crippen LogP contribution in [0.15, 0.2) is 36.9 Å². The average Bonchev–Trinajstić information content (AvgIpc) is 2.56. The molecule has 3 nitrogen and oxygen atoms in total. The van der Waals surface area contributed by atoms with E-state index in [4.69, 9.17) is 0 Å². The Morgan fingerprint density at radius 2 is 1.38 bits per heavy atom. The normalized spacial score (nSPS) is 11.1. The van der Waals surface area contributed by atoms with Crippen LogP contribution in [0.4, 0.5) is 0 Å². The van der Waals surface area contributed by atoms with Crippen molar-refractivity contribution in [3.8, 4) is 0 Å². The Labute approximate surface area is 74.4 Å². The number of rotatable bonds is 0. The molecule has 0 radical (unpaired) electrons. The van der Waals surface area contributed by atoms with Gasteiger partial charge in [-0.05, 0) is 12.1 Å². The molecule has 0 aliphatic rings. The molecule has 0 fully saturated rings. The van der Waals surface area contributed by atoms with Crippen LogP contribution in [0.25, 0.3) is 21.8 Å². The predicted molar refractivity (Wildman–Crippen MR) is 51.4 cm³/mol. The van der Waals surface area contributed by atoms with Gasteiger partial charge < -0.3 is 4.98 Å². The van der Waals surface area contributed by atoms with Gasteiger partial charge in [-0.3, -0.25) is 9.97 Å². The van der Waals surface area contributed by atoms with E-state index in [-0.39, 0.29) is 0 Å². The molecule has 3 heterocycles. The van der Waals surface area contributed by atoms with Crippen LogP contribution in [0, 0.1) is 0 Å². The molecular weight excluding hydrogens is 162 g/mol. The van der Waals surface area contributed by atoms with Gasteiger partial charge in [0.05, 0.1) is 23.4 Å². The summed E-state index contributed by atoms with van der Waals surface area (Å²) in [6, 6.07) is 4.02. The number of H-pyrrole nitrogens is 1.